The monoisotopic (exact) mass is 416 g/mol. The van der Waals surface area contributed by atoms with Gasteiger partial charge in [-0.15, -0.1) is 0 Å². The Labute approximate surface area is 183 Å². The number of hydrogen-bond acceptors (Lipinski definition) is 4. The molecule has 4 nitrogen and oxygen atoms in total. The van der Waals surface area contributed by atoms with Gasteiger partial charge < -0.3 is 4.90 Å². The molecule has 1 aromatic carbocycles. The molecule has 0 amide bonds. The number of benzene rings is 1. The normalized spacial score (nSPS) is 24.7. The highest BCUT2D eigenvalue weighted by Gasteiger charge is 2.65. The van der Waals surface area contributed by atoms with Gasteiger partial charge in [0, 0.05) is 36.8 Å². The van der Waals surface area contributed by atoms with Crippen molar-refractivity contribution < 1.29 is 4.39 Å². The molecule has 3 atom stereocenters. The first kappa shape index (κ1) is 20.1. The van der Waals surface area contributed by atoms with Gasteiger partial charge in [0.05, 0.1) is 18.1 Å². The molecule has 0 spiro atoms. The van der Waals surface area contributed by atoms with E-state index < -0.39 is 0 Å². The van der Waals surface area contributed by atoms with Gasteiger partial charge in [-0.2, -0.15) is 0 Å². The Morgan fingerprint density at radius 2 is 1.90 bits per heavy atom. The van der Waals surface area contributed by atoms with Gasteiger partial charge in [-0.05, 0) is 67.3 Å². The van der Waals surface area contributed by atoms with Crippen LogP contribution in [0.2, 0.25) is 0 Å². The van der Waals surface area contributed by atoms with E-state index in [-0.39, 0.29) is 11.2 Å². The molecule has 0 bridgehead atoms. The Morgan fingerprint density at radius 1 is 1.06 bits per heavy atom. The van der Waals surface area contributed by atoms with Crippen molar-refractivity contribution in [1.29, 1.82) is 0 Å². The molecule has 1 saturated heterocycles. The number of halogens is 1. The van der Waals surface area contributed by atoms with Crippen LogP contribution in [-0.2, 0) is 11.8 Å². The van der Waals surface area contributed by atoms with Crippen LogP contribution in [0.5, 0.6) is 0 Å². The lowest BCUT2D eigenvalue weighted by Crippen LogP contribution is -2.32. The van der Waals surface area contributed by atoms with Crippen LogP contribution in [0.1, 0.15) is 47.8 Å². The van der Waals surface area contributed by atoms with Crippen LogP contribution in [0.3, 0.4) is 0 Å². The predicted octanol–water partition coefficient (Wildman–Crippen LogP) is 5.02. The fourth-order valence-electron chi connectivity index (χ4n) is 5.82. The molecule has 3 heterocycles. The Bertz CT molecular complexity index is 1100. The number of aryl methyl sites for hydroxylation is 1. The maximum Gasteiger partial charge on any atom is 0.147 e. The summed E-state index contributed by atoms with van der Waals surface area (Å²) in [5.74, 6) is 1.91. The van der Waals surface area contributed by atoms with Gasteiger partial charge in [0.1, 0.15) is 11.6 Å². The van der Waals surface area contributed by atoms with Crippen LogP contribution in [0.15, 0.2) is 48.9 Å². The first-order valence-electron chi connectivity index (χ1n) is 11.3. The van der Waals surface area contributed by atoms with Crippen molar-refractivity contribution in [3.8, 4) is 0 Å². The van der Waals surface area contributed by atoms with Gasteiger partial charge in [-0.1, -0.05) is 25.1 Å². The average molecular weight is 417 g/mol. The number of piperidine rings is 1. The molecule has 160 valence electrons. The highest BCUT2D eigenvalue weighted by Crippen LogP contribution is 2.65. The fraction of sp³-hybridized carbons (Fsp3) is 0.423. The summed E-state index contributed by atoms with van der Waals surface area (Å²) < 4.78 is 14.6. The van der Waals surface area contributed by atoms with Gasteiger partial charge in [-0.3, -0.25) is 9.97 Å². The van der Waals surface area contributed by atoms with Crippen LogP contribution >= 0.6 is 0 Å². The number of anilines is 1. The zero-order valence-corrected chi connectivity index (χ0v) is 18.5. The molecule has 2 unspecified atom stereocenters. The number of nitrogens with zero attached hydrogens (tertiary/aromatic N) is 4. The Balaban J connectivity index is 1.31. The van der Waals surface area contributed by atoms with Gasteiger partial charge in [0.2, 0.25) is 0 Å². The molecular formula is C26H29FN4. The Morgan fingerprint density at radius 3 is 2.65 bits per heavy atom. The molecule has 31 heavy (non-hydrogen) atoms. The molecule has 5 heteroatoms. The van der Waals surface area contributed by atoms with Crippen LogP contribution in [0, 0.1) is 31.5 Å². The highest BCUT2D eigenvalue weighted by atomic mass is 19.1. The van der Waals surface area contributed by atoms with Gasteiger partial charge in [0.15, 0.2) is 0 Å². The summed E-state index contributed by atoms with van der Waals surface area (Å²) >= 11 is 0. The van der Waals surface area contributed by atoms with Crippen molar-refractivity contribution in [2.75, 3.05) is 18.0 Å². The molecule has 0 N–H and O–H groups in total. The summed E-state index contributed by atoms with van der Waals surface area (Å²) in [6.07, 6.45) is 8.47. The van der Waals surface area contributed by atoms with Crippen LogP contribution in [0.25, 0.3) is 0 Å². The van der Waals surface area contributed by atoms with E-state index >= 15 is 0 Å². The quantitative estimate of drug-likeness (QED) is 0.586. The van der Waals surface area contributed by atoms with E-state index in [1.807, 2.05) is 37.6 Å². The fourth-order valence-corrected chi connectivity index (χ4v) is 5.82. The highest BCUT2D eigenvalue weighted by molar-refractivity contribution is 5.45. The summed E-state index contributed by atoms with van der Waals surface area (Å²) in [5, 5.41) is 0. The molecule has 1 saturated carbocycles. The molecule has 1 aliphatic carbocycles. The second-order valence-electron chi connectivity index (χ2n) is 9.04. The van der Waals surface area contributed by atoms with E-state index in [0.717, 1.165) is 55.1 Å². The maximum absolute atomic E-state index is 14.6. The standard InChI is InChI=1S/C26H29FN4/c1-4-26(22-7-5-6-8-24(22)27)21-10-12-31(16-23(21)26)25-15-29-20(14-30-25)13-19-9-11-28-18(3)17(19)2/h5-9,11,14-15,21,23H,4,10,12-13,16H2,1-3H3/t21?,23?,26-/m1/s1. The van der Waals surface area contributed by atoms with Gasteiger partial charge >= 0.3 is 0 Å². The second kappa shape index (κ2) is 7.70. The summed E-state index contributed by atoms with van der Waals surface area (Å²) in [7, 11) is 0. The SMILES string of the molecule is CC[C@]1(c2ccccc2F)C2CCN(c3cnc(Cc4ccnc(C)c4C)cn3)CC21. The minimum Gasteiger partial charge on any atom is -0.355 e. The largest absolute Gasteiger partial charge is 0.355 e. The molecular weight excluding hydrogens is 387 g/mol. The van der Waals surface area contributed by atoms with Gasteiger partial charge in [0.25, 0.3) is 0 Å². The van der Waals surface area contributed by atoms with E-state index in [4.69, 9.17) is 9.97 Å². The maximum atomic E-state index is 14.6. The number of pyridine rings is 1. The molecule has 2 fully saturated rings. The van der Waals surface area contributed by atoms with E-state index in [1.165, 1.54) is 11.1 Å². The molecule has 1 aliphatic heterocycles. The first-order chi connectivity index (χ1) is 15.0. The second-order valence-corrected chi connectivity index (χ2v) is 9.04. The topological polar surface area (TPSA) is 41.9 Å². The minimum absolute atomic E-state index is 0.0236. The third-order valence-corrected chi connectivity index (χ3v) is 7.74. The van der Waals surface area contributed by atoms with Crippen molar-refractivity contribution in [3.05, 3.63) is 82.8 Å². The molecule has 2 aromatic heterocycles. The molecule has 2 aliphatic rings. The average Bonchev–Trinajstić information content (AvgIpc) is 3.45. The zero-order valence-electron chi connectivity index (χ0n) is 18.5. The van der Waals surface area contributed by atoms with E-state index in [2.05, 4.69) is 29.8 Å². The summed E-state index contributed by atoms with van der Waals surface area (Å²) in [4.78, 5) is 16.1. The third kappa shape index (κ3) is 3.31. The molecule has 5 rings (SSSR count). The van der Waals surface area contributed by atoms with Crippen LogP contribution < -0.4 is 4.90 Å². The van der Waals surface area contributed by atoms with Crippen LogP contribution in [-0.4, -0.2) is 28.0 Å². The van der Waals surface area contributed by atoms with Crippen molar-refractivity contribution in [2.45, 2.75) is 45.4 Å². The minimum atomic E-state index is -0.0592. The number of rotatable bonds is 5. The van der Waals surface area contributed by atoms with E-state index in [0.29, 0.717) is 11.8 Å². The summed E-state index contributed by atoms with van der Waals surface area (Å²) in [6, 6.07) is 9.40. The predicted molar refractivity (Wildman–Crippen MR) is 121 cm³/mol. The van der Waals surface area contributed by atoms with Crippen LogP contribution in [0.4, 0.5) is 10.2 Å². The van der Waals surface area contributed by atoms with E-state index in [9.17, 15) is 4.39 Å². The van der Waals surface area contributed by atoms with Crippen molar-refractivity contribution >= 4 is 5.82 Å². The summed E-state index contributed by atoms with van der Waals surface area (Å²) in [6.45, 7) is 8.21. The number of fused-ring (bicyclic) bond motifs is 1. The molecule has 0 radical (unpaired) electrons. The summed E-state index contributed by atoms with van der Waals surface area (Å²) in [5.41, 5.74) is 5.36. The lowest BCUT2D eigenvalue weighted by atomic mass is 9.88. The van der Waals surface area contributed by atoms with Crippen molar-refractivity contribution in [2.24, 2.45) is 11.8 Å². The third-order valence-electron chi connectivity index (χ3n) is 7.74. The first-order valence-corrected chi connectivity index (χ1v) is 11.3. The zero-order chi connectivity index (χ0) is 21.6. The smallest absolute Gasteiger partial charge is 0.147 e. The Hall–Kier alpha value is -2.82. The lowest BCUT2D eigenvalue weighted by molar-refractivity contribution is 0.516. The number of hydrogen-bond donors (Lipinski definition) is 0. The van der Waals surface area contributed by atoms with Crippen molar-refractivity contribution in [1.82, 2.24) is 15.0 Å². The van der Waals surface area contributed by atoms with E-state index in [1.54, 1.807) is 12.1 Å². The number of aromatic nitrogens is 3. The lowest BCUT2D eigenvalue weighted by Gasteiger charge is -2.27. The van der Waals surface area contributed by atoms with Crippen molar-refractivity contribution in [3.63, 3.8) is 0 Å². The Kier molecular flexibility index (Phi) is 4.99. The molecule has 3 aromatic rings. The van der Waals surface area contributed by atoms with Gasteiger partial charge in [-0.25, -0.2) is 9.37 Å².